The number of unbranched alkanes of at least 4 members (excludes halogenated alkanes) is 3. The number of hydrogen-bond acceptors (Lipinski definition) is 0. The van der Waals surface area contributed by atoms with Gasteiger partial charge in [-0.15, -0.1) is 0 Å². The zero-order valence-corrected chi connectivity index (χ0v) is 13.0. The van der Waals surface area contributed by atoms with E-state index in [0.29, 0.717) is 6.04 Å². The van der Waals surface area contributed by atoms with Crippen molar-refractivity contribution in [2.24, 2.45) is 0 Å². The second-order valence-electron chi connectivity index (χ2n) is 5.73. The summed E-state index contributed by atoms with van der Waals surface area (Å²) >= 11 is 0. The summed E-state index contributed by atoms with van der Waals surface area (Å²) in [6, 6.07) is 11.2. The quantitative estimate of drug-likeness (QED) is 0.519. The number of hydrogen-bond donors (Lipinski definition) is 0. The predicted molar refractivity (Wildman–Crippen MR) is 84.2 cm³/mol. The second kappa shape index (κ2) is 7.28. The number of rotatable bonds is 7. The molecule has 0 bridgehead atoms. The lowest BCUT2D eigenvalue weighted by molar-refractivity contribution is -0.722. The van der Waals surface area contributed by atoms with Crippen LogP contribution in [0.5, 0.6) is 0 Å². The third-order valence-corrected chi connectivity index (χ3v) is 3.80. The average molecular weight is 271 g/mol. The first-order valence-corrected chi connectivity index (χ1v) is 7.90. The molecule has 0 aliphatic carbocycles. The number of nitrogens with zero attached hydrogens (tertiary/aromatic N) is 2. The molecule has 0 saturated carbocycles. The maximum absolute atomic E-state index is 2.40. The summed E-state index contributed by atoms with van der Waals surface area (Å²) in [5, 5.41) is 0. The van der Waals surface area contributed by atoms with Crippen molar-refractivity contribution < 1.29 is 4.57 Å². The minimum Gasteiger partial charge on any atom is -0.232 e. The molecule has 0 aliphatic heterocycles. The van der Waals surface area contributed by atoms with Gasteiger partial charge in [-0.1, -0.05) is 44.4 Å². The number of imidazole rings is 1. The molecule has 0 aliphatic rings. The van der Waals surface area contributed by atoms with Crippen molar-refractivity contribution in [1.82, 2.24) is 4.57 Å². The molecule has 20 heavy (non-hydrogen) atoms. The molecule has 0 atom stereocenters. The molecule has 1 aromatic heterocycles. The van der Waals surface area contributed by atoms with Crippen LogP contribution in [-0.4, -0.2) is 4.57 Å². The minimum atomic E-state index is 0.515. The molecule has 108 valence electrons. The van der Waals surface area contributed by atoms with Crippen LogP contribution in [0.3, 0.4) is 0 Å². The molecule has 2 aromatic rings. The van der Waals surface area contributed by atoms with Gasteiger partial charge in [-0.2, -0.15) is 4.57 Å². The maximum atomic E-state index is 2.40. The van der Waals surface area contributed by atoms with Crippen LogP contribution in [0.1, 0.15) is 58.3 Å². The molecule has 2 heteroatoms. The van der Waals surface area contributed by atoms with Crippen LogP contribution in [0, 0.1) is 0 Å². The smallest absolute Gasteiger partial charge is 0.232 e. The highest BCUT2D eigenvalue weighted by Crippen LogP contribution is 2.13. The third-order valence-electron chi connectivity index (χ3n) is 3.80. The molecule has 0 radical (unpaired) electrons. The first-order valence-electron chi connectivity index (χ1n) is 7.90. The van der Waals surface area contributed by atoms with Crippen molar-refractivity contribution in [1.29, 1.82) is 0 Å². The molecule has 0 spiro atoms. The Bertz CT molecular complexity index is 511. The van der Waals surface area contributed by atoms with Gasteiger partial charge in [0.2, 0.25) is 0 Å². The fourth-order valence-corrected chi connectivity index (χ4v) is 2.69. The van der Waals surface area contributed by atoms with Crippen LogP contribution < -0.4 is 4.57 Å². The van der Waals surface area contributed by atoms with Gasteiger partial charge in [-0.25, -0.2) is 4.57 Å². The van der Waals surface area contributed by atoms with E-state index < -0.39 is 0 Å². The Hall–Kier alpha value is -1.57. The van der Waals surface area contributed by atoms with Crippen molar-refractivity contribution >= 4 is 0 Å². The van der Waals surface area contributed by atoms with E-state index in [4.69, 9.17) is 0 Å². The molecule has 0 fully saturated rings. The van der Waals surface area contributed by atoms with Gasteiger partial charge in [0.15, 0.2) is 0 Å². The van der Waals surface area contributed by atoms with Crippen molar-refractivity contribution in [2.75, 3.05) is 0 Å². The van der Waals surface area contributed by atoms with Gasteiger partial charge in [0.05, 0.1) is 6.04 Å². The highest BCUT2D eigenvalue weighted by Gasteiger charge is 2.19. The summed E-state index contributed by atoms with van der Waals surface area (Å²) in [5.74, 6) is 1.42. The summed E-state index contributed by atoms with van der Waals surface area (Å²) in [6.07, 6.45) is 10.8. The van der Waals surface area contributed by atoms with Crippen molar-refractivity contribution in [2.45, 2.75) is 58.9 Å². The van der Waals surface area contributed by atoms with Gasteiger partial charge in [0.25, 0.3) is 5.82 Å². The summed E-state index contributed by atoms with van der Waals surface area (Å²) in [7, 11) is 0. The lowest BCUT2D eigenvalue weighted by Gasteiger charge is -2.07. The molecule has 2 rings (SSSR count). The first-order chi connectivity index (χ1) is 9.74. The number of benzene rings is 1. The molecular weight excluding hydrogens is 244 g/mol. The summed E-state index contributed by atoms with van der Waals surface area (Å²) in [4.78, 5) is 0. The lowest BCUT2D eigenvalue weighted by Crippen LogP contribution is -2.39. The van der Waals surface area contributed by atoms with Crippen LogP contribution >= 0.6 is 0 Å². The normalized spacial score (nSPS) is 11.2. The fourth-order valence-electron chi connectivity index (χ4n) is 2.69. The van der Waals surface area contributed by atoms with E-state index in [0.717, 1.165) is 6.42 Å². The average Bonchev–Trinajstić information content (AvgIpc) is 2.88. The summed E-state index contributed by atoms with van der Waals surface area (Å²) < 4.78 is 4.74. The van der Waals surface area contributed by atoms with E-state index in [-0.39, 0.29) is 0 Å². The Morgan fingerprint density at radius 1 is 1.05 bits per heavy atom. The van der Waals surface area contributed by atoms with E-state index >= 15 is 0 Å². The summed E-state index contributed by atoms with van der Waals surface area (Å²) in [5.41, 5.74) is 1.26. The summed E-state index contributed by atoms with van der Waals surface area (Å²) in [6.45, 7) is 6.77. The Morgan fingerprint density at radius 2 is 1.80 bits per heavy atom. The third kappa shape index (κ3) is 3.50. The Balaban J connectivity index is 2.23. The van der Waals surface area contributed by atoms with Gasteiger partial charge in [-0.3, -0.25) is 0 Å². The van der Waals surface area contributed by atoms with E-state index in [9.17, 15) is 0 Å². The highest BCUT2D eigenvalue weighted by molar-refractivity contribution is 5.31. The molecule has 0 saturated heterocycles. The van der Waals surface area contributed by atoms with Crippen molar-refractivity contribution in [3.63, 3.8) is 0 Å². The van der Waals surface area contributed by atoms with E-state index in [1.165, 1.54) is 37.2 Å². The van der Waals surface area contributed by atoms with Gasteiger partial charge >= 0.3 is 0 Å². The Morgan fingerprint density at radius 3 is 2.45 bits per heavy atom. The van der Waals surface area contributed by atoms with Gasteiger partial charge in [0, 0.05) is 6.42 Å². The van der Waals surface area contributed by atoms with Gasteiger partial charge in [-0.05, 0) is 32.4 Å². The van der Waals surface area contributed by atoms with E-state index in [1.807, 2.05) is 0 Å². The molecule has 1 heterocycles. The topological polar surface area (TPSA) is 8.81 Å². The molecule has 1 aromatic carbocycles. The monoisotopic (exact) mass is 271 g/mol. The first kappa shape index (κ1) is 14.8. The van der Waals surface area contributed by atoms with Gasteiger partial charge < -0.3 is 0 Å². The Labute approximate surface area is 123 Å². The van der Waals surface area contributed by atoms with Crippen molar-refractivity contribution in [3.05, 3.63) is 48.5 Å². The standard InChI is InChI=1S/C18H27N2/c1-4-5-6-10-13-18-19(16(2)3)14-15-20(18)17-11-8-7-9-12-17/h7-9,11-12,14-16H,4-6,10,13H2,1-3H3/q+1. The molecule has 2 nitrogen and oxygen atoms in total. The number of para-hydroxylation sites is 1. The zero-order chi connectivity index (χ0) is 14.4. The largest absolute Gasteiger partial charge is 0.261 e. The SMILES string of the molecule is CCCCCCc1n(-c2ccccc2)cc[n+]1C(C)C. The molecule has 0 unspecified atom stereocenters. The van der Waals surface area contributed by atoms with E-state index in [1.54, 1.807) is 0 Å². The van der Waals surface area contributed by atoms with Crippen molar-refractivity contribution in [3.8, 4) is 5.69 Å². The molecule has 0 N–H and O–H groups in total. The molecule has 0 amide bonds. The zero-order valence-electron chi connectivity index (χ0n) is 13.0. The fraction of sp³-hybridized carbons (Fsp3) is 0.500. The minimum absolute atomic E-state index is 0.515. The van der Waals surface area contributed by atoms with Crippen LogP contribution in [0.25, 0.3) is 5.69 Å². The van der Waals surface area contributed by atoms with Gasteiger partial charge in [0.1, 0.15) is 18.1 Å². The predicted octanol–water partition coefficient (Wildman–Crippen LogP) is 4.47. The van der Waals surface area contributed by atoms with Crippen LogP contribution in [-0.2, 0) is 6.42 Å². The molecular formula is C18H27N2+. The van der Waals surface area contributed by atoms with Crippen LogP contribution in [0.15, 0.2) is 42.7 Å². The van der Waals surface area contributed by atoms with Crippen LogP contribution in [0.2, 0.25) is 0 Å². The van der Waals surface area contributed by atoms with Crippen LogP contribution in [0.4, 0.5) is 0 Å². The van der Waals surface area contributed by atoms with E-state index in [2.05, 4.69) is 72.6 Å². The maximum Gasteiger partial charge on any atom is 0.261 e. The lowest BCUT2D eigenvalue weighted by atomic mass is 10.1. The second-order valence-corrected chi connectivity index (χ2v) is 5.73. The highest BCUT2D eigenvalue weighted by atomic mass is 15.2. The number of aromatic nitrogens is 2. The Kier molecular flexibility index (Phi) is 5.40.